The topological polar surface area (TPSA) is 132 Å². The lowest BCUT2D eigenvalue weighted by Gasteiger charge is -2.27. The van der Waals surface area contributed by atoms with Gasteiger partial charge in [0.05, 0.1) is 50.8 Å². The van der Waals surface area contributed by atoms with Crippen molar-refractivity contribution in [2.75, 3.05) is 59.8 Å². The van der Waals surface area contributed by atoms with Crippen LogP contribution in [0.4, 0.5) is 0 Å². The van der Waals surface area contributed by atoms with Crippen molar-refractivity contribution < 1.29 is 38.1 Å². The van der Waals surface area contributed by atoms with E-state index in [1.807, 2.05) is 7.05 Å². The number of nitrogens with zero attached hydrogens (tertiary/aromatic N) is 1. The predicted molar refractivity (Wildman–Crippen MR) is 115 cm³/mol. The number of hydrogen-bond donors (Lipinski definition) is 2. The zero-order valence-corrected chi connectivity index (χ0v) is 18.6. The standard InChI is InChI=1S/C22H29N3O8/c1-23-7-8-30-9-10-31-11-12-32-13-14-33-17-4-2-3-15-19(17)22(29)25(21(15)28)16-5-6-18(26)24-20(16)27/h2-4,16,23H,5-14H2,1H3,(H,24,26,27). The zero-order chi connectivity index (χ0) is 23.6. The molecule has 0 spiro atoms. The van der Waals surface area contributed by atoms with Crippen LogP contribution < -0.4 is 15.4 Å². The Morgan fingerprint density at radius 1 is 0.939 bits per heavy atom. The number of imide groups is 2. The second-order valence-electron chi connectivity index (χ2n) is 7.42. The first-order chi connectivity index (χ1) is 16.0. The van der Waals surface area contributed by atoms with Crippen molar-refractivity contribution in [3.05, 3.63) is 29.3 Å². The maximum atomic E-state index is 13.0. The average Bonchev–Trinajstić information content (AvgIpc) is 3.05. The Morgan fingerprint density at radius 2 is 1.61 bits per heavy atom. The second-order valence-corrected chi connectivity index (χ2v) is 7.42. The van der Waals surface area contributed by atoms with Gasteiger partial charge in [0.1, 0.15) is 18.4 Å². The molecule has 180 valence electrons. The van der Waals surface area contributed by atoms with Gasteiger partial charge < -0.3 is 24.3 Å². The Labute approximate surface area is 191 Å². The minimum absolute atomic E-state index is 0.0670. The summed E-state index contributed by atoms with van der Waals surface area (Å²) in [7, 11) is 1.86. The molecule has 2 N–H and O–H groups in total. The molecule has 1 saturated heterocycles. The van der Waals surface area contributed by atoms with Gasteiger partial charge in [-0.25, -0.2) is 0 Å². The van der Waals surface area contributed by atoms with Gasteiger partial charge in [0.25, 0.3) is 11.8 Å². The molecule has 2 aliphatic rings. The van der Waals surface area contributed by atoms with Crippen LogP contribution in [0.5, 0.6) is 5.75 Å². The third-order valence-electron chi connectivity index (χ3n) is 5.16. The smallest absolute Gasteiger partial charge is 0.266 e. The summed E-state index contributed by atoms with van der Waals surface area (Å²) < 4.78 is 21.9. The van der Waals surface area contributed by atoms with Gasteiger partial charge in [0, 0.05) is 13.0 Å². The third-order valence-corrected chi connectivity index (χ3v) is 5.16. The Hall–Kier alpha value is -2.86. The molecule has 11 nitrogen and oxygen atoms in total. The molecule has 3 rings (SSSR count). The molecule has 0 bridgehead atoms. The Bertz CT molecular complexity index is 875. The van der Waals surface area contributed by atoms with Gasteiger partial charge in [-0.2, -0.15) is 0 Å². The molecular formula is C22H29N3O8. The predicted octanol–water partition coefficient (Wildman–Crippen LogP) is -0.264. The minimum Gasteiger partial charge on any atom is -0.490 e. The van der Waals surface area contributed by atoms with Gasteiger partial charge >= 0.3 is 0 Å². The van der Waals surface area contributed by atoms with Crippen molar-refractivity contribution in [3.63, 3.8) is 0 Å². The van der Waals surface area contributed by atoms with Crippen molar-refractivity contribution in [3.8, 4) is 5.75 Å². The lowest BCUT2D eigenvalue weighted by atomic mass is 10.0. The molecule has 2 heterocycles. The van der Waals surface area contributed by atoms with Crippen molar-refractivity contribution in [2.45, 2.75) is 18.9 Å². The summed E-state index contributed by atoms with van der Waals surface area (Å²) in [4.78, 5) is 50.2. The van der Waals surface area contributed by atoms with Crippen molar-refractivity contribution in [2.24, 2.45) is 0 Å². The monoisotopic (exact) mass is 463 g/mol. The first-order valence-electron chi connectivity index (χ1n) is 10.9. The number of fused-ring (bicyclic) bond motifs is 1. The van der Waals surface area contributed by atoms with E-state index >= 15 is 0 Å². The molecular weight excluding hydrogens is 434 g/mol. The van der Waals surface area contributed by atoms with E-state index in [1.54, 1.807) is 12.1 Å². The maximum Gasteiger partial charge on any atom is 0.266 e. The van der Waals surface area contributed by atoms with Gasteiger partial charge in [-0.05, 0) is 25.6 Å². The summed E-state index contributed by atoms with van der Waals surface area (Å²) in [6.45, 7) is 3.68. The van der Waals surface area contributed by atoms with Crippen LogP contribution in [0.15, 0.2) is 18.2 Å². The summed E-state index contributed by atoms with van der Waals surface area (Å²) in [5.74, 6) is -1.99. The molecule has 4 amide bonds. The molecule has 2 aliphatic heterocycles. The molecule has 0 saturated carbocycles. The second kappa shape index (κ2) is 12.4. The summed E-state index contributed by atoms with van der Waals surface area (Å²) in [5, 5.41) is 5.16. The summed E-state index contributed by atoms with van der Waals surface area (Å²) in [5.41, 5.74) is 0.294. The number of nitrogens with one attached hydrogen (secondary N) is 2. The fourth-order valence-corrected chi connectivity index (χ4v) is 3.53. The number of amides is 4. The molecule has 1 unspecified atom stereocenters. The highest BCUT2D eigenvalue weighted by molar-refractivity contribution is 6.24. The minimum atomic E-state index is -1.01. The Morgan fingerprint density at radius 3 is 2.27 bits per heavy atom. The number of carbonyl (C=O) groups excluding carboxylic acids is 4. The van der Waals surface area contributed by atoms with Crippen molar-refractivity contribution in [1.29, 1.82) is 0 Å². The molecule has 0 aromatic heterocycles. The fourth-order valence-electron chi connectivity index (χ4n) is 3.53. The number of rotatable bonds is 14. The number of piperidine rings is 1. The molecule has 0 radical (unpaired) electrons. The quantitative estimate of drug-likeness (QED) is 0.283. The van der Waals surface area contributed by atoms with E-state index in [2.05, 4.69) is 10.6 Å². The van der Waals surface area contributed by atoms with Crippen LogP contribution in [0.25, 0.3) is 0 Å². The summed E-state index contributed by atoms with van der Waals surface area (Å²) >= 11 is 0. The van der Waals surface area contributed by atoms with Gasteiger partial charge in [0.2, 0.25) is 11.8 Å². The molecule has 0 aliphatic carbocycles. The number of hydrogen-bond acceptors (Lipinski definition) is 9. The van der Waals surface area contributed by atoms with Gasteiger partial charge in [-0.1, -0.05) is 6.07 Å². The molecule has 11 heteroatoms. The first kappa shape index (κ1) is 24.8. The van der Waals surface area contributed by atoms with Crippen molar-refractivity contribution >= 4 is 23.6 Å². The molecule has 1 atom stereocenters. The van der Waals surface area contributed by atoms with E-state index in [9.17, 15) is 19.2 Å². The van der Waals surface area contributed by atoms with Crippen LogP contribution in [0, 0.1) is 0 Å². The lowest BCUT2D eigenvalue weighted by Crippen LogP contribution is -2.54. The average molecular weight is 463 g/mol. The van der Waals surface area contributed by atoms with Gasteiger partial charge in [-0.15, -0.1) is 0 Å². The number of benzene rings is 1. The number of likely N-dealkylation sites (N-methyl/N-ethyl adjacent to an activating group) is 1. The lowest BCUT2D eigenvalue weighted by molar-refractivity contribution is -0.136. The normalized spacial score (nSPS) is 18.0. The number of ether oxygens (including phenoxy) is 4. The van der Waals surface area contributed by atoms with E-state index in [0.717, 1.165) is 11.4 Å². The number of carbonyl (C=O) groups is 4. The fraction of sp³-hybridized carbons (Fsp3) is 0.545. The van der Waals surface area contributed by atoms with Crippen LogP contribution in [-0.4, -0.2) is 94.4 Å². The van der Waals surface area contributed by atoms with E-state index in [1.165, 1.54) is 6.07 Å². The Kier molecular flexibility index (Phi) is 9.31. The summed E-state index contributed by atoms with van der Waals surface area (Å²) in [6, 6.07) is 3.71. The highest BCUT2D eigenvalue weighted by Gasteiger charge is 2.45. The van der Waals surface area contributed by atoms with Crippen molar-refractivity contribution in [1.82, 2.24) is 15.5 Å². The van der Waals surface area contributed by atoms with Crippen LogP contribution in [0.1, 0.15) is 33.6 Å². The molecule has 1 aromatic carbocycles. The first-order valence-corrected chi connectivity index (χ1v) is 10.9. The highest BCUT2D eigenvalue weighted by atomic mass is 16.6. The largest absolute Gasteiger partial charge is 0.490 e. The van der Waals surface area contributed by atoms with Crippen LogP contribution in [0.2, 0.25) is 0 Å². The van der Waals surface area contributed by atoms with E-state index in [4.69, 9.17) is 18.9 Å². The van der Waals surface area contributed by atoms with E-state index < -0.39 is 29.7 Å². The van der Waals surface area contributed by atoms with Crippen LogP contribution >= 0.6 is 0 Å². The van der Waals surface area contributed by atoms with Gasteiger partial charge in [-0.3, -0.25) is 29.4 Å². The summed E-state index contributed by atoms with van der Waals surface area (Å²) in [6.07, 6.45) is 0.169. The SMILES string of the molecule is CNCCOCCOCCOCCOc1cccc2c1C(=O)N(C1CCC(=O)NC1=O)C2=O. The van der Waals surface area contributed by atoms with E-state index in [0.29, 0.717) is 33.0 Å². The molecule has 1 aromatic rings. The van der Waals surface area contributed by atoms with E-state index in [-0.39, 0.29) is 42.9 Å². The highest BCUT2D eigenvalue weighted by Crippen LogP contribution is 2.33. The van der Waals surface area contributed by atoms with Crippen LogP contribution in [0.3, 0.4) is 0 Å². The zero-order valence-electron chi connectivity index (χ0n) is 18.6. The van der Waals surface area contributed by atoms with Crippen LogP contribution in [-0.2, 0) is 23.8 Å². The van der Waals surface area contributed by atoms with Gasteiger partial charge in [0.15, 0.2) is 0 Å². The molecule has 33 heavy (non-hydrogen) atoms. The third kappa shape index (κ3) is 6.35. The maximum absolute atomic E-state index is 13.0. The Balaban J connectivity index is 1.43. The molecule has 1 fully saturated rings.